The van der Waals surface area contributed by atoms with Gasteiger partial charge in [0.05, 0.1) is 6.54 Å². The molecule has 1 saturated heterocycles. The molecule has 1 unspecified atom stereocenters. The third kappa shape index (κ3) is 2.49. The molecule has 0 saturated carbocycles. The van der Waals surface area contributed by atoms with Crippen LogP contribution in [0.25, 0.3) is 0 Å². The van der Waals surface area contributed by atoms with Crippen molar-refractivity contribution in [2.24, 2.45) is 0 Å². The molecule has 1 amide bonds. The van der Waals surface area contributed by atoms with E-state index in [0.29, 0.717) is 12.2 Å². The van der Waals surface area contributed by atoms with Crippen molar-refractivity contribution >= 4 is 5.91 Å². The summed E-state index contributed by atoms with van der Waals surface area (Å²) in [6.07, 6.45) is -2.30. The van der Waals surface area contributed by atoms with Crippen molar-refractivity contribution in [3.8, 4) is 0 Å². The van der Waals surface area contributed by atoms with E-state index in [2.05, 4.69) is 0 Å². The maximum Gasteiger partial charge on any atom is 0.289 e. The molecule has 2 heterocycles. The first kappa shape index (κ1) is 14.0. The second-order valence-corrected chi connectivity index (χ2v) is 4.95. The Bertz CT molecular complexity index is 486. The molecule has 0 spiro atoms. The maximum absolute atomic E-state index is 12.7. The molecule has 2 rings (SSSR count). The van der Waals surface area contributed by atoms with Crippen LogP contribution >= 0.6 is 0 Å². The number of amides is 1. The minimum absolute atomic E-state index is 0.112. The Balaban J connectivity index is 2.13. The maximum atomic E-state index is 12.7. The van der Waals surface area contributed by atoms with Crippen LogP contribution in [0.15, 0.2) is 10.5 Å². The minimum Gasteiger partial charge on any atom is -0.456 e. The number of carbonyl (C=O) groups excluding carboxylic acids is 1. The molecule has 0 radical (unpaired) electrons. The lowest BCUT2D eigenvalue weighted by Gasteiger charge is -2.21. The predicted molar refractivity (Wildman–Crippen MR) is 64.3 cm³/mol. The number of rotatable bonds is 3. The molecule has 1 atom stereocenters. The quantitative estimate of drug-likeness (QED) is 0.916. The second-order valence-electron chi connectivity index (χ2n) is 4.95. The highest BCUT2D eigenvalue weighted by Gasteiger charge is 2.46. The fraction of sp³-hybridized carbons (Fsp3) is 0.615. The van der Waals surface area contributed by atoms with Crippen molar-refractivity contribution in [1.82, 2.24) is 4.90 Å². The van der Waals surface area contributed by atoms with Gasteiger partial charge in [0.25, 0.3) is 12.3 Å². The van der Waals surface area contributed by atoms with Crippen molar-refractivity contribution in [2.45, 2.75) is 38.7 Å². The standard InChI is InChI=1S/C13H17F2NO3/c1-3-9-8(2)6-10(19-9)11(17)16-5-4-13(18,7-16)12(14)15/h6,12,18H,3-5,7H2,1-2H3. The zero-order valence-corrected chi connectivity index (χ0v) is 10.9. The van der Waals surface area contributed by atoms with E-state index in [1.807, 2.05) is 13.8 Å². The van der Waals surface area contributed by atoms with Crippen molar-refractivity contribution in [3.05, 3.63) is 23.2 Å². The molecule has 1 aromatic heterocycles. The van der Waals surface area contributed by atoms with Gasteiger partial charge in [-0.05, 0) is 18.6 Å². The Kier molecular flexibility index (Phi) is 3.62. The topological polar surface area (TPSA) is 53.7 Å². The molecule has 1 aliphatic rings. The average Bonchev–Trinajstić information content (AvgIpc) is 2.93. The SMILES string of the molecule is CCc1oc(C(=O)N2CCC(O)(C(F)F)C2)cc1C. The van der Waals surface area contributed by atoms with Crippen LogP contribution in [0.2, 0.25) is 0 Å². The summed E-state index contributed by atoms with van der Waals surface area (Å²) in [5.41, 5.74) is -1.22. The van der Waals surface area contributed by atoms with Gasteiger partial charge in [0, 0.05) is 19.4 Å². The summed E-state index contributed by atoms with van der Waals surface area (Å²) in [5, 5.41) is 9.67. The smallest absolute Gasteiger partial charge is 0.289 e. The molecule has 1 aliphatic heterocycles. The number of β-amino-alcohol motifs (C(OH)–C–C–N with tert-alkyl or cyclic N) is 1. The van der Waals surface area contributed by atoms with Crippen LogP contribution in [0.5, 0.6) is 0 Å². The minimum atomic E-state index is -2.85. The number of hydrogen-bond acceptors (Lipinski definition) is 3. The van der Waals surface area contributed by atoms with Gasteiger partial charge in [0.15, 0.2) is 5.76 Å². The van der Waals surface area contributed by atoms with E-state index in [0.717, 1.165) is 5.56 Å². The van der Waals surface area contributed by atoms with E-state index in [9.17, 15) is 18.7 Å². The Labute approximate surface area is 110 Å². The lowest BCUT2D eigenvalue weighted by atomic mass is 10.1. The van der Waals surface area contributed by atoms with Gasteiger partial charge in [-0.15, -0.1) is 0 Å². The summed E-state index contributed by atoms with van der Waals surface area (Å²) in [5.74, 6) is 0.416. The van der Waals surface area contributed by atoms with E-state index in [1.54, 1.807) is 6.07 Å². The van der Waals surface area contributed by atoms with Crippen molar-refractivity contribution in [3.63, 3.8) is 0 Å². The van der Waals surface area contributed by atoms with E-state index in [-0.39, 0.29) is 25.3 Å². The van der Waals surface area contributed by atoms with Crippen LogP contribution in [0.1, 0.15) is 35.2 Å². The largest absolute Gasteiger partial charge is 0.456 e. The zero-order valence-electron chi connectivity index (χ0n) is 10.9. The molecular weight excluding hydrogens is 256 g/mol. The van der Waals surface area contributed by atoms with Gasteiger partial charge < -0.3 is 14.4 Å². The molecule has 1 fully saturated rings. The molecule has 1 N–H and O–H groups in total. The van der Waals surface area contributed by atoms with Crippen LogP contribution < -0.4 is 0 Å². The zero-order chi connectivity index (χ0) is 14.2. The van der Waals surface area contributed by atoms with Gasteiger partial charge >= 0.3 is 0 Å². The summed E-state index contributed by atoms with van der Waals surface area (Å²) in [6.45, 7) is 3.50. The Morgan fingerprint density at radius 1 is 1.63 bits per heavy atom. The lowest BCUT2D eigenvalue weighted by Crippen LogP contribution is -2.41. The summed E-state index contributed by atoms with van der Waals surface area (Å²) in [7, 11) is 0. The van der Waals surface area contributed by atoms with Crippen LogP contribution in [0.4, 0.5) is 8.78 Å². The summed E-state index contributed by atoms with van der Waals surface area (Å²) in [6, 6.07) is 1.61. The molecule has 19 heavy (non-hydrogen) atoms. The third-order valence-electron chi connectivity index (χ3n) is 3.53. The predicted octanol–water partition coefficient (Wildman–Crippen LogP) is 1.99. The first-order valence-corrected chi connectivity index (χ1v) is 6.26. The molecule has 0 bridgehead atoms. The highest BCUT2D eigenvalue weighted by Crippen LogP contribution is 2.29. The van der Waals surface area contributed by atoms with Crippen LogP contribution in [0.3, 0.4) is 0 Å². The van der Waals surface area contributed by atoms with E-state index in [1.165, 1.54) is 4.90 Å². The van der Waals surface area contributed by atoms with Gasteiger partial charge in [-0.2, -0.15) is 0 Å². The Hall–Kier alpha value is -1.43. The van der Waals surface area contributed by atoms with E-state index in [4.69, 9.17) is 4.42 Å². The van der Waals surface area contributed by atoms with Gasteiger partial charge in [-0.1, -0.05) is 6.92 Å². The fourth-order valence-corrected chi connectivity index (χ4v) is 2.30. The average molecular weight is 273 g/mol. The van der Waals surface area contributed by atoms with E-state index >= 15 is 0 Å². The second kappa shape index (κ2) is 4.92. The molecular formula is C13H17F2NO3. The summed E-state index contributed by atoms with van der Waals surface area (Å²) >= 11 is 0. The number of nitrogens with zero attached hydrogens (tertiary/aromatic N) is 1. The number of halogens is 2. The van der Waals surface area contributed by atoms with Gasteiger partial charge in [-0.25, -0.2) is 8.78 Å². The highest BCUT2D eigenvalue weighted by molar-refractivity contribution is 5.92. The van der Waals surface area contributed by atoms with Crippen molar-refractivity contribution in [2.75, 3.05) is 13.1 Å². The monoisotopic (exact) mass is 273 g/mol. The summed E-state index contributed by atoms with van der Waals surface area (Å²) in [4.78, 5) is 13.3. The van der Waals surface area contributed by atoms with Crippen molar-refractivity contribution in [1.29, 1.82) is 0 Å². The Morgan fingerprint density at radius 2 is 2.32 bits per heavy atom. The number of hydrogen-bond donors (Lipinski definition) is 1. The van der Waals surface area contributed by atoms with Crippen LogP contribution in [-0.2, 0) is 6.42 Å². The molecule has 0 aromatic carbocycles. The van der Waals surface area contributed by atoms with Crippen molar-refractivity contribution < 1.29 is 23.1 Å². The number of aliphatic hydroxyl groups is 1. The number of aryl methyl sites for hydroxylation is 2. The first-order chi connectivity index (χ1) is 8.87. The summed E-state index contributed by atoms with van der Waals surface area (Å²) < 4.78 is 30.8. The van der Waals surface area contributed by atoms with E-state index < -0.39 is 17.9 Å². The van der Waals surface area contributed by atoms with Gasteiger partial charge in [-0.3, -0.25) is 4.79 Å². The first-order valence-electron chi connectivity index (χ1n) is 6.26. The number of furan rings is 1. The molecule has 1 aromatic rings. The number of carbonyl (C=O) groups is 1. The van der Waals surface area contributed by atoms with Gasteiger partial charge in [0.1, 0.15) is 11.4 Å². The normalized spacial score (nSPS) is 23.4. The van der Waals surface area contributed by atoms with Crippen LogP contribution in [0, 0.1) is 6.92 Å². The molecule has 6 heteroatoms. The molecule has 106 valence electrons. The lowest BCUT2D eigenvalue weighted by molar-refractivity contribution is -0.0856. The Morgan fingerprint density at radius 3 is 2.79 bits per heavy atom. The number of likely N-dealkylation sites (tertiary alicyclic amines) is 1. The molecule has 0 aliphatic carbocycles. The third-order valence-corrected chi connectivity index (χ3v) is 3.53. The fourth-order valence-electron chi connectivity index (χ4n) is 2.30. The van der Waals surface area contributed by atoms with Gasteiger partial charge in [0.2, 0.25) is 0 Å². The number of alkyl halides is 2. The molecule has 4 nitrogen and oxygen atoms in total. The van der Waals surface area contributed by atoms with Crippen LogP contribution in [-0.4, -0.2) is 41.0 Å². The highest BCUT2D eigenvalue weighted by atomic mass is 19.3.